The third-order valence-electron chi connectivity index (χ3n) is 7.64. The summed E-state index contributed by atoms with van der Waals surface area (Å²) in [5.41, 5.74) is 1.36. The molecular formula is C42H50Cl4N2O10. The van der Waals surface area contributed by atoms with Gasteiger partial charge >= 0.3 is 11.9 Å². The highest BCUT2D eigenvalue weighted by Gasteiger charge is 2.24. The van der Waals surface area contributed by atoms with Gasteiger partial charge < -0.3 is 37.7 Å². The van der Waals surface area contributed by atoms with Crippen molar-refractivity contribution in [1.82, 2.24) is 9.55 Å². The van der Waals surface area contributed by atoms with Crippen molar-refractivity contribution in [1.29, 1.82) is 0 Å². The topological polar surface area (TPSA) is 134 Å². The average Bonchev–Trinajstić information content (AvgIpc) is 3.15. The van der Waals surface area contributed by atoms with Crippen LogP contribution in [0.25, 0.3) is 0 Å². The van der Waals surface area contributed by atoms with Crippen molar-refractivity contribution in [3.8, 4) is 17.4 Å². The number of esters is 2. The molecule has 0 N–H and O–H groups in total. The summed E-state index contributed by atoms with van der Waals surface area (Å²) in [6.45, 7) is 12.7. The molecule has 2 aromatic carbocycles. The van der Waals surface area contributed by atoms with Crippen LogP contribution in [0, 0.1) is 0 Å². The Morgan fingerprint density at radius 3 is 1.64 bits per heavy atom. The lowest BCUT2D eigenvalue weighted by Gasteiger charge is -2.19. The lowest BCUT2D eigenvalue weighted by molar-refractivity contribution is -0.160. The van der Waals surface area contributed by atoms with Crippen LogP contribution in [-0.4, -0.2) is 78.9 Å². The van der Waals surface area contributed by atoms with Crippen LogP contribution in [0.5, 0.6) is 17.4 Å². The van der Waals surface area contributed by atoms with Gasteiger partial charge in [-0.3, -0.25) is 4.79 Å². The van der Waals surface area contributed by atoms with Gasteiger partial charge in [0.1, 0.15) is 31.3 Å². The van der Waals surface area contributed by atoms with E-state index in [0.717, 1.165) is 5.56 Å². The maximum Gasteiger partial charge on any atom is 0.335 e. The third kappa shape index (κ3) is 17.4. The summed E-state index contributed by atoms with van der Waals surface area (Å²) < 4.78 is 39.9. The van der Waals surface area contributed by atoms with Gasteiger partial charge in [0, 0.05) is 47.4 Å². The number of benzene rings is 2. The lowest BCUT2D eigenvalue weighted by atomic mass is 10.1. The second kappa shape index (κ2) is 25.4. The summed E-state index contributed by atoms with van der Waals surface area (Å²) >= 11 is 23.9. The minimum absolute atomic E-state index is 0.0983. The zero-order valence-electron chi connectivity index (χ0n) is 33.4. The van der Waals surface area contributed by atoms with Crippen LogP contribution in [0.2, 0.25) is 20.1 Å². The van der Waals surface area contributed by atoms with Gasteiger partial charge in [0.25, 0.3) is 5.56 Å². The van der Waals surface area contributed by atoms with E-state index in [-0.39, 0.29) is 56.6 Å². The number of hydrogen-bond donors (Lipinski definition) is 0. The number of aromatic nitrogens is 2. The number of hydrogen-bond acceptors (Lipinski definition) is 11. The van der Waals surface area contributed by atoms with E-state index in [2.05, 4.69) is 4.98 Å². The minimum atomic E-state index is -0.749. The number of carbonyl (C=O) groups excluding carboxylic acids is 2. The molecule has 58 heavy (non-hydrogen) atoms. The number of ether oxygens (including phenoxy) is 7. The first-order valence-electron chi connectivity index (χ1n) is 18.8. The van der Waals surface area contributed by atoms with Crippen LogP contribution in [0.3, 0.4) is 0 Å². The molecule has 0 amide bonds. The highest BCUT2D eigenvalue weighted by Crippen LogP contribution is 2.28. The molecule has 0 fully saturated rings. The molecule has 16 heteroatoms. The fraction of sp³-hybridized carbons (Fsp3) is 0.429. The molecule has 2 aromatic heterocycles. The normalized spacial score (nSPS) is 12.0. The third-order valence-corrected chi connectivity index (χ3v) is 8.70. The van der Waals surface area contributed by atoms with Crippen molar-refractivity contribution < 1.29 is 42.7 Å². The highest BCUT2D eigenvalue weighted by atomic mass is 35.5. The van der Waals surface area contributed by atoms with Crippen LogP contribution < -0.4 is 19.8 Å². The Bertz CT molecular complexity index is 1960. The molecule has 0 saturated carbocycles. The fourth-order valence-corrected chi connectivity index (χ4v) is 6.11. The molecule has 2 atom stereocenters. The van der Waals surface area contributed by atoms with Gasteiger partial charge in [-0.25, -0.2) is 14.6 Å². The zero-order chi connectivity index (χ0) is 42.6. The van der Waals surface area contributed by atoms with E-state index in [1.165, 1.54) is 10.6 Å². The fourth-order valence-electron chi connectivity index (χ4n) is 5.18. The van der Waals surface area contributed by atoms with Crippen LogP contribution in [-0.2, 0) is 47.9 Å². The summed E-state index contributed by atoms with van der Waals surface area (Å²) in [5.74, 6) is 0.654. The number of rotatable bonds is 21. The summed E-state index contributed by atoms with van der Waals surface area (Å²) in [6.07, 6.45) is 2.26. The van der Waals surface area contributed by atoms with Gasteiger partial charge in [-0.1, -0.05) is 46.4 Å². The Balaban J connectivity index is 0.000000310. The molecule has 4 rings (SSSR count). The van der Waals surface area contributed by atoms with E-state index in [9.17, 15) is 14.4 Å². The Hall–Kier alpha value is -4.04. The second-order valence-corrected chi connectivity index (χ2v) is 14.7. The van der Waals surface area contributed by atoms with E-state index < -0.39 is 18.2 Å². The summed E-state index contributed by atoms with van der Waals surface area (Å²) in [6, 6.07) is 16.8. The zero-order valence-corrected chi connectivity index (χ0v) is 36.4. The smallest absolute Gasteiger partial charge is 0.335 e. The predicted molar refractivity (Wildman–Crippen MR) is 225 cm³/mol. The van der Waals surface area contributed by atoms with Gasteiger partial charge in [-0.05, 0) is 101 Å². The SMILES string of the molecule is CCOC(=O)C(Cc1ccn(CCOc2ccc(Cl)cc2Cl)c(=O)c1)OC(C)C.CCOC(=O)C(Cc1ccnc(OCCOc2ccc(Cl)cc2Cl)c1)OC(C)C. The van der Waals surface area contributed by atoms with Crippen LogP contribution >= 0.6 is 46.4 Å². The van der Waals surface area contributed by atoms with Crippen LogP contribution in [0.15, 0.2) is 77.9 Å². The molecule has 0 aliphatic carbocycles. The lowest BCUT2D eigenvalue weighted by Crippen LogP contribution is -2.32. The molecule has 316 valence electrons. The van der Waals surface area contributed by atoms with Crippen molar-refractivity contribution >= 4 is 58.3 Å². The first-order valence-corrected chi connectivity index (χ1v) is 20.3. The van der Waals surface area contributed by atoms with E-state index in [0.29, 0.717) is 62.6 Å². The van der Waals surface area contributed by atoms with Crippen molar-refractivity contribution in [2.75, 3.05) is 33.0 Å². The minimum Gasteiger partial charge on any atom is -0.490 e. The maximum absolute atomic E-state index is 12.4. The van der Waals surface area contributed by atoms with Gasteiger partial charge in [0.15, 0.2) is 12.2 Å². The van der Waals surface area contributed by atoms with E-state index >= 15 is 0 Å². The quantitative estimate of drug-likeness (QED) is 0.0587. The Labute approximate surface area is 359 Å². The van der Waals surface area contributed by atoms with Gasteiger partial charge in [-0.15, -0.1) is 0 Å². The first-order chi connectivity index (χ1) is 27.7. The molecule has 0 spiro atoms. The highest BCUT2D eigenvalue weighted by molar-refractivity contribution is 6.36. The van der Waals surface area contributed by atoms with Crippen LogP contribution in [0.1, 0.15) is 52.7 Å². The van der Waals surface area contributed by atoms with E-state index in [1.54, 1.807) is 74.8 Å². The molecule has 0 aliphatic rings. The van der Waals surface area contributed by atoms with Gasteiger partial charge in [0.2, 0.25) is 5.88 Å². The average molecular weight is 885 g/mol. The second-order valence-electron chi connectivity index (χ2n) is 13.0. The number of carbonyl (C=O) groups is 2. The monoisotopic (exact) mass is 882 g/mol. The number of pyridine rings is 2. The largest absolute Gasteiger partial charge is 0.490 e. The van der Waals surface area contributed by atoms with E-state index in [4.69, 9.17) is 79.6 Å². The molecule has 0 bridgehead atoms. The first kappa shape index (κ1) is 48.3. The summed E-state index contributed by atoms with van der Waals surface area (Å²) in [5, 5.41) is 1.92. The molecule has 2 heterocycles. The maximum atomic E-state index is 12.4. The molecule has 4 aromatic rings. The Morgan fingerprint density at radius 1 is 0.655 bits per heavy atom. The van der Waals surface area contributed by atoms with Crippen molar-refractivity contribution in [3.63, 3.8) is 0 Å². The van der Waals surface area contributed by atoms with Crippen LogP contribution in [0.4, 0.5) is 0 Å². The summed E-state index contributed by atoms with van der Waals surface area (Å²) in [7, 11) is 0. The molecule has 12 nitrogen and oxygen atoms in total. The molecule has 0 radical (unpaired) electrons. The van der Waals surface area contributed by atoms with Crippen molar-refractivity contribution in [3.05, 3.63) is 115 Å². The Kier molecular flexibility index (Phi) is 21.2. The number of nitrogens with zero attached hydrogens (tertiary/aromatic N) is 2. The van der Waals surface area contributed by atoms with Gasteiger partial charge in [0.05, 0.1) is 42.0 Å². The van der Waals surface area contributed by atoms with Crippen molar-refractivity contribution in [2.45, 2.75) is 85.3 Å². The van der Waals surface area contributed by atoms with Gasteiger partial charge in [-0.2, -0.15) is 0 Å². The van der Waals surface area contributed by atoms with Crippen molar-refractivity contribution in [2.24, 2.45) is 0 Å². The standard InChI is InChI=1S/2C21H25Cl2NO5/c1-4-26-21(25)19(29-14(2)3)11-15-7-8-24-20(12-15)28-10-9-27-18-6-5-16(22)13-17(18)23;1-4-27-21(26)19(29-14(2)3)11-15-7-8-24(20(25)12-15)9-10-28-18-6-5-16(22)13-17(18)23/h2*5-8,12-14,19H,4,9-11H2,1-3H3. The Morgan fingerprint density at radius 2 is 1.16 bits per heavy atom. The van der Waals surface area contributed by atoms with E-state index in [1.807, 2.05) is 33.8 Å². The molecular weight excluding hydrogens is 834 g/mol. The number of halogens is 4. The predicted octanol–water partition coefficient (Wildman–Crippen LogP) is 8.88. The molecule has 0 saturated heterocycles. The molecule has 2 unspecified atom stereocenters. The molecule has 0 aliphatic heterocycles. The summed E-state index contributed by atoms with van der Waals surface area (Å²) in [4.78, 5) is 40.8.